The summed E-state index contributed by atoms with van der Waals surface area (Å²) in [7, 11) is 0. The normalized spacial score (nSPS) is 21.2. The number of fused-ring (bicyclic) bond motifs is 3. The smallest absolute Gasteiger partial charge is 0.161 e. The van der Waals surface area contributed by atoms with Crippen LogP contribution < -0.4 is 0 Å². The van der Waals surface area contributed by atoms with Gasteiger partial charge in [-0.2, -0.15) is 5.26 Å². The Balaban J connectivity index is 1.78. The summed E-state index contributed by atoms with van der Waals surface area (Å²) in [5.41, 5.74) is 2.45. The number of nitriles is 1. The lowest BCUT2D eigenvalue weighted by atomic mass is 9.89. The second kappa shape index (κ2) is 6.48. The summed E-state index contributed by atoms with van der Waals surface area (Å²) >= 11 is -2.44. The van der Waals surface area contributed by atoms with Crippen LogP contribution in [0.2, 0.25) is 0 Å². The summed E-state index contributed by atoms with van der Waals surface area (Å²) in [6.07, 6.45) is 7.06. The Kier molecular flexibility index (Phi) is 4.17. The standard InChI is InChI=1S/C16H16N6O2S/c17-6-14(25(23)24)22-5-1-2-10(9-22)12-7-18-8-13-15(12)11-3-4-19-16(11)21-20-13/h3-4,7-8,10,14H,1-2,5,9H2,(H,19,21)(H,23,24)/p-1. The van der Waals surface area contributed by atoms with Crippen molar-refractivity contribution in [2.45, 2.75) is 24.1 Å². The van der Waals surface area contributed by atoms with Crippen molar-refractivity contribution >= 4 is 33.0 Å². The fourth-order valence-corrected chi connectivity index (χ4v) is 4.13. The number of nitrogens with one attached hydrogen (secondary N) is 1. The molecule has 3 aromatic rings. The molecule has 1 N–H and O–H groups in total. The van der Waals surface area contributed by atoms with E-state index in [2.05, 4.69) is 20.2 Å². The molecule has 4 rings (SSSR count). The van der Waals surface area contributed by atoms with Crippen LogP contribution >= 0.6 is 0 Å². The highest BCUT2D eigenvalue weighted by molar-refractivity contribution is 7.80. The molecule has 0 aliphatic carbocycles. The quantitative estimate of drug-likeness (QED) is 0.705. The van der Waals surface area contributed by atoms with Crippen molar-refractivity contribution in [1.29, 1.82) is 5.26 Å². The van der Waals surface area contributed by atoms with E-state index >= 15 is 0 Å². The first kappa shape index (κ1) is 16.1. The Morgan fingerprint density at radius 3 is 3.12 bits per heavy atom. The number of H-pyrrole nitrogens is 1. The number of rotatable bonds is 3. The molecular weight excluding hydrogens is 340 g/mol. The summed E-state index contributed by atoms with van der Waals surface area (Å²) in [4.78, 5) is 9.07. The molecule has 0 radical (unpaired) electrons. The van der Waals surface area contributed by atoms with Gasteiger partial charge in [0.1, 0.15) is 5.52 Å². The fourth-order valence-electron chi connectivity index (χ4n) is 3.61. The molecule has 0 spiro atoms. The average Bonchev–Trinajstić information content (AvgIpc) is 3.11. The van der Waals surface area contributed by atoms with E-state index in [9.17, 15) is 14.0 Å². The van der Waals surface area contributed by atoms with Gasteiger partial charge < -0.3 is 9.54 Å². The van der Waals surface area contributed by atoms with Crippen LogP contribution in [0.1, 0.15) is 24.3 Å². The van der Waals surface area contributed by atoms with Crippen molar-refractivity contribution in [3.8, 4) is 6.07 Å². The largest absolute Gasteiger partial charge is 0.770 e. The summed E-state index contributed by atoms with van der Waals surface area (Å²) < 4.78 is 22.7. The molecule has 3 unspecified atom stereocenters. The number of piperidine rings is 1. The summed E-state index contributed by atoms with van der Waals surface area (Å²) in [5, 5.41) is 18.4. The van der Waals surface area contributed by atoms with E-state index < -0.39 is 16.5 Å². The zero-order valence-electron chi connectivity index (χ0n) is 13.3. The zero-order valence-corrected chi connectivity index (χ0v) is 14.1. The van der Waals surface area contributed by atoms with Crippen LogP contribution in [0, 0.1) is 11.3 Å². The second-order valence-electron chi connectivity index (χ2n) is 6.14. The molecule has 1 fully saturated rings. The molecule has 1 saturated heterocycles. The minimum Gasteiger partial charge on any atom is -0.770 e. The topological polar surface area (TPSA) is 122 Å². The van der Waals surface area contributed by atoms with E-state index in [-0.39, 0.29) is 5.92 Å². The van der Waals surface area contributed by atoms with Crippen molar-refractivity contribution < 1.29 is 8.76 Å². The van der Waals surface area contributed by atoms with Crippen LogP contribution in [0.5, 0.6) is 0 Å². The maximum Gasteiger partial charge on any atom is 0.161 e. The lowest BCUT2D eigenvalue weighted by Gasteiger charge is -2.36. The van der Waals surface area contributed by atoms with Crippen molar-refractivity contribution in [3.05, 3.63) is 30.2 Å². The Morgan fingerprint density at radius 1 is 1.44 bits per heavy atom. The SMILES string of the molecule is N#CC(N1CCCC(c2cncc3nnc4[nH]ccc4c23)C1)S(=O)[O-]. The average molecular weight is 355 g/mol. The zero-order chi connectivity index (χ0) is 17.4. The third-order valence-electron chi connectivity index (χ3n) is 4.72. The van der Waals surface area contributed by atoms with E-state index in [1.54, 1.807) is 11.1 Å². The predicted molar refractivity (Wildman–Crippen MR) is 91.1 cm³/mol. The van der Waals surface area contributed by atoms with Gasteiger partial charge in [-0.15, -0.1) is 10.2 Å². The van der Waals surface area contributed by atoms with Gasteiger partial charge >= 0.3 is 0 Å². The van der Waals surface area contributed by atoms with Crippen LogP contribution in [-0.2, 0) is 11.1 Å². The highest BCUT2D eigenvalue weighted by atomic mass is 32.2. The number of hydrogen-bond donors (Lipinski definition) is 1. The maximum absolute atomic E-state index is 11.3. The van der Waals surface area contributed by atoms with Gasteiger partial charge in [0.25, 0.3) is 0 Å². The molecule has 3 aromatic heterocycles. The summed E-state index contributed by atoms with van der Waals surface area (Å²) in [5.74, 6) is 0.0895. The number of aromatic nitrogens is 4. The molecule has 1 aliphatic rings. The minimum atomic E-state index is -2.44. The van der Waals surface area contributed by atoms with E-state index in [0.717, 1.165) is 29.2 Å². The molecule has 0 amide bonds. The minimum absolute atomic E-state index is 0.0895. The van der Waals surface area contributed by atoms with Crippen LogP contribution in [-0.4, -0.2) is 52.3 Å². The first-order valence-electron chi connectivity index (χ1n) is 7.98. The Hall–Kier alpha value is -2.41. The van der Waals surface area contributed by atoms with Crippen LogP contribution in [0.15, 0.2) is 24.7 Å². The van der Waals surface area contributed by atoms with Crippen LogP contribution in [0.4, 0.5) is 0 Å². The first-order chi connectivity index (χ1) is 12.2. The van der Waals surface area contributed by atoms with Gasteiger partial charge in [0.15, 0.2) is 11.0 Å². The van der Waals surface area contributed by atoms with E-state index in [0.29, 0.717) is 24.3 Å². The van der Waals surface area contributed by atoms with Crippen LogP contribution in [0.25, 0.3) is 21.9 Å². The molecule has 128 valence electrons. The van der Waals surface area contributed by atoms with E-state index in [1.165, 1.54) is 0 Å². The van der Waals surface area contributed by atoms with Crippen molar-refractivity contribution in [2.75, 3.05) is 13.1 Å². The third kappa shape index (κ3) is 2.78. The Bertz CT molecular complexity index is 997. The predicted octanol–water partition coefficient (Wildman–Crippen LogP) is 1.41. The number of hydrogen-bond acceptors (Lipinski definition) is 7. The molecule has 3 atom stereocenters. The van der Waals surface area contributed by atoms with Gasteiger partial charge in [-0.05, 0) is 41.5 Å². The maximum atomic E-state index is 11.3. The lowest BCUT2D eigenvalue weighted by molar-refractivity contribution is 0.209. The molecule has 9 heteroatoms. The van der Waals surface area contributed by atoms with Gasteiger partial charge in [-0.25, -0.2) is 0 Å². The number of likely N-dealkylation sites (tertiary alicyclic amines) is 1. The fraction of sp³-hybridized carbons (Fsp3) is 0.375. The molecule has 0 aromatic carbocycles. The summed E-state index contributed by atoms with van der Waals surface area (Å²) in [6, 6.07) is 3.84. The molecule has 0 bridgehead atoms. The highest BCUT2D eigenvalue weighted by Crippen LogP contribution is 2.34. The van der Waals surface area contributed by atoms with Gasteiger partial charge in [0.2, 0.25) is 0 Å². The van der Waals surface area contributed by atoms with Gasteiger partial charge in [-0.3, -0.25) is 14.1 Å². The van der Waals surface area contributed by atoms with Crippen molar-refractivity contribution in [1.82, 2.24) is 25.1 Å². The van der Waals surface area contributed by atoms with Crippen molar-refractivity contribution in [3.63, 3.8) is 0 Å². The van der Waals surface area contributed by atoms with Gasteiger partial charge in [-0.1, -0.05) is 0 Å². The Labute approximate surface area is 146 Å². The Morgan fingerprint density at radius 2 is 2.32 bits per heavy atom. The molecule has 8 nitrogen and oxygen atoms in total. The highest BCUT2D eigenvalue weighted by Gasteiger charge is 2.29. The third-order valence-corrected chi connectivity index (χ3v) is 5.49. The molecule has 0 saturated carbocycles. The molecular formula is C16H15N6O2S-. The van der Waals surface area contributed by atoms with Crippen LogP contribution in [0.3, 0.4) is 0 Å². The molecule has 25 heavy (non-hydrogen) atoms. The second-order valence-corrected chi connectivity index (χ2v) is 7.11. The lowest BCUT2D eigenvalue weighted by Crippen LogP contribution is -2.43. The van der Waals surface area contributed by atoms with E-state index in [1.807, 2.05) is 24.5 Å². The number of pyridine rings is 1. The first-order valence-corrected chi connectivity index (χ1v) is 9.12. The van der Waals surface area contributed by atoms with E-state index in [4.69, 9.17) is 0 Å². The molecule has 4 heterocycles. The van der Waals surface area contributed by atoms with Crippen molar-refractivity contribution in [2.24, 2.45) is 0 Å². The monoisotopic (exact) mass is 355 g/mol. The number of nitrogens with zero attached hydrogens (tertiary/aromatic N) is 5. The number of aromatic amines is 1. The summed E-state index contributed by atoms with van der Waals surface area (Å²) in [6.45, 7) is 1.10. The van der Waals surface area contributed by atoms with Gasteiger partial charge in [0, 0.05) is 36.3 Å². The molecule has 1 aliphatic heterocycles. The van der Waals surface area contributed by atoms with Gasteiger partial charge in [0.05, 0.1) is 12.3 Å².